The van der Waals surface area contributed by atoms with E-state index in [4.69, 9.17) is 9.15 Å². The molecule has 0 aliphatic heterocycles. The van der Waals surface area contributed by atoms with E-state index < -0.39 is 0 Å². The lowest BCUT2D eigenvalue weighted by Crippen LogP contribution is -1.90. The van der Waals surface area contributed by atoms with Gasteiger partial charge in [-0.2, -0.15) is 0 Å². The summed E-state index contributed by atoms with van der Waals surface area (Å²) >= 11 is 0. The van der Waals surface area contributed by atoms with Crippen molar-refractivity contribution in [3.05, 3.63) is 48.0 Å². The van der Waals surface area contributed by atoms with Gasteiger partial charge in [-0.05, 0) is 37.3 Å². The molecule has 0 amide bonds. The second kappa shape index (κ2) is 5.35. The fraction of sp³-hybridized carbons (Fsp3) is 0.188. The molecule has 4 heteroatoms. The molecule has 1 N–H and O–H groups in total. The molecule has 20 heavy (non-hydrogen) atoms. The first-order valence-electron chi connectivity index (χ1n) is 6.54. The first-order chi connectivity index (χ1) is 9.81. The molecule has 0 saturated heterocycles. The van der Waals surface area contributed by atoms with E-state index in [1.807, 2.05) is 49.4 Å². The van der Waals surface area contributed by atoms with Gasteiger partial charge in [-0.3, -0.25) is 0 Å². The van der Waals surface area contributed by atoms with Crippen LogP contribution in [0.3, 0.4) is 0 Å². The summed E-state index contributed by atoms with van der Waals surface area (Å²) in [6.07, 6.45) is 0. The molecule has 2 aromatic carbocycles. The van der Waals surface area contributed by atoms with Crippen LogP contribution in [0.1, 0.15) is 12.5 Å². The summed E-state index contributed by atoms with van der Waals surface area (Å²) < 4.78 is 11.2. The van der Waals surface area contributed by atoms with Crippen molar-refractivity contribution in [1.82, 2.24) is 4.98 Å². The van der Waals surface area contributed by atoms with Gasteiger partial charge < -0.3 is 14.3 Å². The van der Waals surface area contributed by atoms with Crippen LogP contribution in [-0.4, -0.2) is 16.7 Å². The number of hydrogen-bond donors (Lipinski definition) is 1. The smallest absolute Gasteiger partial charge is 0.227 e. The maximum absolute atomic E-state index is 9.31. The summed E-state index contributed by atoms with van der Waals surface area (Å²) in [4.78, 5) is 4.45. The lowest BCUT2D eigenvalue weighted by molar-refractivity contribution is 0.282. The Balaban J connectivity index is 2.01. The van der Waals surface area contributed by atoms with Gasteiger partial charge >= 0.3 is 0 Å². The number of fused-ring (bicyclic) bond motifs is 1. The molecule has 0 saturated carbocycles. The van der Waals surface area contributed by atoms with E-state index in [2.05, 4.69) is 4.98 Å². The Morgan fingerprint density at radius 1 is 1.15 bits per heavy atom. The van der Waals surface area contributed by atoms with Crippen LogP contribution in [0.4, 0.5) is 0 Å². The quantitative estimate of drug-likeness (QED) is 0.788. The van der Waals surface area contributed by atoms with Crippen molar-refractivity contribution in [2.75, 3.05) is 6.61 Å². The zero-order chi connectivity index (χ0) is 13.9. The molecule has 0 bridgehead atoms. The van der Waals surface area contributed by atoms with Gasteiger partial charge in [-0.15, -0.1) is 0 Å². The van der Waals surface area contributed by atoms with Crippen molar-refractivity contribution in [2.24, 2.45) is 0 Å². The Hall–Kier alpha value is -2.33. The molecule has 3 rings (SSSR count). The van der Waals surface area contributed by atoms with E-state index in [-0.39, 0.29) is 6.61 Å². The highest BCUT2D eigenvalue weighted by atomic mass is 16.5. The van der Waals surface area contributed by atoms with Gasteiger partial charge in [0.05, 0.1) is 13.2 Å². The Morgan fingerprint density at radius 3 is 2.65 bits per heavy atom. The van der Waals surface area contributed by atoms with Crippen molar-refractivity contribution < 1.29 is 14.3 Å². The Bertz CT molecular complexity index is 716. The number of oxazole rings is 1. The molecule has 0 aliphatic rings. The number of nitrogens with zero attached hydrogens (tertiary/aromatic N) is 1. The summed E-state index contributed by atoms with van der Waals surface area (Å²) in [6, 6.07) is 13.2. The van der Waals surface area contributed by atoms with Crippen molar-refractivity contribution in [3.63, 3.8) is 0 Å². The van der Waals surface area contributed by atoms with Gasteiger partial charge in [0, 0.05) is 11.1 Å². The molecule has 0 aliphatic carbocycles. The molecule has 0 fully saturated rings. The molecule has 0 unspecified atom stereocenters. The summed E-state index contributed by atoms with van der Waals surface area (Å²) in [5, 5.41) is 9.31. The lowest BCUT2D eigenvalue weighted by Gasteiger charge is -2.02. The van der Waals surface area contributed by atoms with Crippen LogP contribution in [0, 0.1) is 0 Å². The number of ether oxygens (including phenoxy) is 1. The second-order valence-corrected chi connectivity index (χ2v) is 4.40. The van der Waals surface area contributed by atoms with Gasteiger partial charge in [0.15, 0.2) is 5.58 Å². The van der Waals surface area contributed by atoms with Crippen molar-refractivity contribution in [1.29, 1.82) is 0 Å². The normalized spacial score (nSPS) is 10.9. The SMILES string of the molecule is CCOc1ccc(-c2nc3cccc(CO)c3o2)cc1. The van der Waals surface area contributed by atoms with Crippen LogP contribution < -0.4 is 4.74 Å². The van der Waals surface area contributed by atoms with Crippen LogP contribution in [0.25, 0.3) is 22.6 Å². The summed E-state index contributed by atoms with van der Waals surface area (Å²) in [5.74, 6) is 1.37. The van der Waals surface area contributed by atoms with Gasteiger partial charge in [0.1, 0.15) is 11.3 Å². The molecular formula is C16H15NO3. The monoisotopic (exact) mass is 269 g/mol. The third-order valence-electron chi connectivity index (χ3n) is 3.08. The number of rotatable bonds is 4. The van der Waals surface area contributed by atoms with Crippen LogP contribution in [0.2, 0.25) is 0 Å². The predicted molar refractivity (Wildman–Crippen MR) is 76.5 cm³/mol. The van der Waals surface area contributed by atoms with Gasteiger partial charge in [-0.25, -0.2) is 4.98 Å². The van der Waals surface area contributed by atoms with Crippen LogP contribution in [-0.2, 0) is 6.61 Å². The minimum Gasteiger partial charge on any atom is -0.494 e. The molecule has 1 heterocycles. The minimum absolute atomic E-state index is 0.0603. The van der Waals surface area contributed by atoms with E-state index in [0.29, 0.717) is 18.1 Å². The average molecular weight is 269 g/mol. The van der Waals surface area contributed by atoms with Gasteiger partial charge in [-0.1, -0.05) is 12.1 Å². The molecule has 102 valence electrons. The van der Waals surface area contributed by atoms with Crippen molar-refractivity contribution in [2.45, 2.75) is 13.5 Å². The van der Waals surface area contributed by atoms with E-state index in [0.717, 1.165) is 22.4 Å². The fourth-order valence-electron chi connectivity index (χ4n) is 2.11. The molecular weight excluding hydrogens is 254 g/mol. The van der Waals surface area contributed by atoms with E-state index in [9.17, 15) is 5.11 Å². The highest BCUT2D eigenvalue weighted by Crippen LogP contribution is 2.27. The number of hydrogen-bond acceptors (Lipinski definition) is 4. The molecule has 4 nitrogen and oxygen atoms in total. The highest BCUT2D eigenvalue weighted by Gasteiger charge is 2.11. The average Bonchev–Trinajstić information content (AvgIpc) is 2.92. The molecule has 1 aromatic heterocycles. The molecule has 0 radical (unpaired) electrons. The number of aromatic nitrogens is 1. The fourth-order valence-corrected chi connectivity index (χ4v) is 2.11. The number of aliphatic hydroxyl groups excluding tert-OH is 1. The number of benzene rings is 2. The van der Waals surface area contributed by atoms with Gasteiger partial charge in [0.2, 0.25) is 5.89 Å². The molecule has 3 aromatic rings. The maximum atomic E-state index is 9.31. The molecule has 0 atom stereocenters. The third kappa shape index (κ3) is 2.26. The first-order valence-corrected chi connectivity index (χ1v) is 6.54. The zero-order valence-corrected chi connectivity index (χ0v) is 11.2. The largest absolute Gasteiger partial charge is 0.494 e. The Morgan fingerprint density at radius 2 is 1.95 bits per heavy atom. The molecule has 0 spiro atoms. The zero-order valence-electron chi connectivity index (χ0n) is 11.2. The maximum Gasteiger partial charge on any atom is 0.227 e. The predicted octanol–water partition coefficient (Wildman–Crippen LogP) is 3.39. The van der Waals surface area contributed by atoms with Crippen LogP contribution >= 0.6 is 0 Å². The standard InChI is InChI=1S/C16H15NO3/c1-2-19-13-8-6-11(7-9-13)16-17-14-5-3-4-12(10-18)15(14)20-16/h3-9,18H,2,10H2,1H3. The summed E-state index contributed by atoms with van der Waals surface area (Å²) in [6.45, 7) is 2.53. The highest BCUT2D eigenvalue weighted by molar-refractivity contribution is 5.79. The Kier molecular flexibility index (Phi) is 3.39. The van der Waals surface area contributed by atoms with E-state index in [1.165, 1.54) is 0 Å². The second-order valence-electron chi connectivity index (χ2n) is 4.40. The van der Waals surface area contributed by atoms with Crippen LogP contribution in [0.5, 0.6) is 5.75 Å². The van der Waals surface area contributed by atoms with Crippen molar-refractivity contribution in [3.8, 4) is 17.2 Å². The first kappa shape index (κ1) is 12.7. The Labute approximate surface area is 116 Å². The summed E-state index contributed by atoms with van der Waals surface area (Å²) in [5.41, 5.74) is 3.01. The number of para-hydroxylation sites is 1. The summed E-state index contributed by atoms with van der Waals surface area (Å²) in [7, 11) is 0. The van der Waals surface area contributed by atoms with E-state index in [1.54, 1.807) is 0 Å². The minimum atomic E-state index is -0.0603. The van der Waals surface area contributed by atoms with E-state index >= 15 is 0 Å². The van der Waals surface area contributed by atoms with Crippen LogP contribution in [0.15, 0.2) is 46.9 Å². The number of aliphatic hydroxyl groups is 1. The van der Waals surface area contributed by atoms with Gasteiger partial charge in [0.25, 0.3) is 0 Å². The third-order valence-corrected chi connectivity index (χ3v) is 3.08. The topological polar surface area (TPSA) is 55.5 Å². The van der Waals surface area contributed by atoms with Crippen molar-refractivity contribution >= 4 is 11.1 Å². The lowest BCUT2D eigenvalue weighted by atomic mass is 10.2.